The molecule has 0 aliphatic carbocycles. The number of carbonyl (C=O) groups is 1. The summed E-state index contributed by atoms with van der Waals surface area (Å²) in [6.45, 7) is 4.81. The number of rotatable bonds is 6. The van der Waals surface area contributed by atoms with Gasteiger partial charge in [-0.15, -0.1) is 10.2 Å². The maximum absolute atomic E-state index is 12.3. The molecule has 0 saturated heterocycles. The van der Waals surface area contributed by atoms with E-state index in [-0.39, 0.29) is 11.6 Å². The van der Waals surface area contributed by atoms with E-state index in [4.69, 9.17) is 0 Å². The quantitative estimate of drug-likeness (QED) is 0.708. The van der Waals surface area contributed by atoms with Crippen LogP contribution in [0.4, 0.5) is 11.5 Å². The normalized spacial score (nSPS) is 10.6. The van der Waals surface area contributed by atoms with Crippen molar-refractivity contribution >= 4 is 17.4 Å². The monoisotopic (exact) mass is 347 g/mol. The van der Waals surface area contributed by atoms with E-state index in [1.165, 1.54) is 5.56 Å². The van der Waals surface area contributed by atoms with E-state index in [9.17, 15) is 4.79 Å². The Morgan fingerprint density at radius 1 is 1.00 bits per heavy atom. The SMILES string of the molecule is CC(C)c1ccc(NC(=O)c2ccc(NCc3ccccn3)nn2)cc1. The van der Waals surface area contributed by atoms with E-state index in [1.54, 1.807) is 18.3 Å². The highest BCUT2D eigenvalue weighted by Gasteiger charge is 2.09. The zero-order chi connectivity index (χ0) is 18.4. The fraction of sp³-hybridized carbons (Fsp3) is 0.200. The van der Waals surface area contributed by atoms with Crippen molar-refractivity contribution < 1.29 is 4.79 Å². The molecule has 0 aliphatic heterocycles. The molecule has 6 heteroatoms. The molecule has 2 heterocycles. The fourth-order valence-corrected chi connectivity index (χ4v) is 2.38. The van der Waals surface area contributed by atoms with Gasteiger partial charge in [0, 0.05) is 11.9 Å². The highest BCUT2D eigenvalue weighted by atomic mass is 16.1. The second-order valence-corrected chi connectivity index (χ2v) is 6.21. The molecule has 132 valence electrons. The van der Waals surface area contributed by atoms with Crippen LogP contribution in [0.25, 0.3) is 0 Å². The molecular formula is C20H21N5O. The van der Waals surface area contributed by atoms with E-state index in [2.05, 4.69) is 39.7 Å². The summed E-state index contributed by atoms with van der Waals surface area (Å²) in [5.74, 6) is 0.760. The molecule has 3 rings (SSSR count). The van der Waals surface area contributed by atoms with Gasteiger partial charge >= 0.3 is 0 Å². The van der Waals surface area contributed by atoms with Crippen molar-refractivity contribution in [2.24, 2.45) is 0 Å². The van der Waals surface area contributed by atoms with Crippen molar-refractivity contribution in [1.29, 1.82) is 0 Å². The third kappa shape index (κ3) is 4.63. The van der Waals surface area contributed by atoms with E-state index >= 15 is 0 Å². The molecule has 0 atom stereocenters. The first kappa shape index (κ1) is 17.5. The summed E-state index contributed by atoms with van der Waals surface area (Å²) in [6.07, 6.45) is 1.74. The molecule has 0 bridgehead atoms. The van der Waals surface area contributed by atoms with Crippen LogP contribution in [0.2, 0.25) is 0 Å². The lowest BCUT2D eigenvalue weighted by Gasteiger charge is -2.08. The Bertz CT molecular complexity index is 846. The predicted molar refractivity (Wildman–Crippen MR) is 102 cm³/mol. The topological polar surface area (TPSA) is 79.8 Å². The third-order valence-electron chi connectivity index (χ3n) is 3.91. The second kappa shape index (κ2) is 8.20. The number of hydrogen-bond acceptors (Lipinski definition) is 5. The Morgan fingerprint density at radius 2 is 1.81 bits per heavy atom. The van der Waals surface area contributed by atoms with E-state index in [0.717, 1.165) is 11.4 Å². The van der Waals surface area contributed by atoms with Crippen LogP contribution in [0.1, 0.15) is 41.5 Å². The van der Waals surface area contributed by atoms with Gasteiger partial charge in [-0.1, -0.05) is 32.0 Å². The molecule has 3 aromatic rings. The number of nitrogens with one attached hydrogen (secondary N) is 2. The first-order chi connectivity index (χ1) is 12.6. The Kier molecular flexibility index (Phi) is 5.53. The van der Waals surface area contributed by atoms with Crippen molar-refractivity contribution in [3.05, 3.63) is 77.7 Å². The average molecular weight is 347 g/mol. The van der Waals surface area contributed by atoms with Gasteiger partial charge in [-0.3, -0.25) is 9.78 Å². The second-order valence-electron chi connectivity index (χ2n) is 6.21. The number of nitrogens with zero attached hydrogens (tertiary/aromatic N) is 3. The Balaban J connectivity index is 1.58. The minimum Gasteiger partial charge on any atom is -0.363 e. The largest absolute Gasteiger partial charge is 0.363 e. The van der Waals surface area contributed by atoms with Gasteiger partial charge in [0.25, 0.3) is 5.91 Å². The Morgan fingerprint density at radius 3 is 2.42 bits per heavy atom. The Hall–Kier alpha value is -3.28. The number of aromatic nitrogens is 3. The van der Waals surface area contributed by atoms with Crippen molar-refractivity contribution in [2.75, 3.05) is 10.6 Å². The van der Waals surface area contributed by atoms with Crippen LogP contribution in [0, 0.1) is 0 Å². The van der Waals surface area contributed by atoms with E-state index in [0.29, 0.717) is 18.3 Å². The first-order valence-electron chi connectivity index (χ1n) is 8.50. The van der Waals surface area contributed by atoms with Crippen molar-refractivity contribution in [3.8, 4) is 0 Å². The summed E-state index contributed by atoms with van der Waals surface area (Å²) >= 11 is 0. The fourth-order valence-electron chi connectivity index (χ4n) is 2.38. The molecule has 0 unspecified atom stereocenters. The van der Waals surface area contributed by atoms with Gasteiger partial charge in [-0.2, -0.15) is 0 Å². The van der Waals surface area contributed by atoms with Crippen molar-refractivity contribution in [2.45, 2.75) is 26.3 Å². The van der Waals surface area contributed by atoms with E-state index in [1.807, 2.05) is 42.5 Å². The molecule has 6 nitrogen and oxygen atoms in total. The maximum Gasteiger partial charge on any atom is 0.276 e. The first-order valence-corrected chi connectivity index (χ1v) is 8.50. The van der Waals surface area contributed by atoms with Crippen LogP contribution in [0.15, 0.2) is 60.8 Å². The summed E-state index contributed by atoms with van der Waals surface area (Å²) in [6, 6.07) is 16.9. The summed E-state index contributed by atoms with van der Waals surface area (Å²) in [5.41, 5.74) is 3.13. The number of benzene rings is 1. The smallest absolute Gasteiger partial charge is 0.276 e. The molecule has 0 fully saturated rings. The lowest BCUT2D eigenvalue weighted by Crippen LogP contribution is -2.15. The predicted octanol–water partition coefficient (Wildman–Crippen LogP) is 3.86. The van der Waals surface area contributed by atoms with Gasteiger partial charge < -0.3 is 10.6 Å². The van der Waals surface area contributed by atoms with Crippen LogP contribution in [0.3, 0.4) is 0 Å². The van der Waals surface area contributed by atoms with Gasteiger partial charge in [0.1, 0.15) is 5.82 Å². The van der Waals surface area contributed by atoms with Crippen molar-refractivity contribution in [1.82, 2.24) is 15.2 Å². The number of hydrogen-bond donors (Lipinski definition) is 2. The molecule has 1 aromatic carbocycles. The zero-order valence-electron chi connectivity index (χ0n) is 14.8. The lowest BCUT2D eigenvalue weighted by atomic mass is 10.0. The highest BCUT2D eigenvalue weighted by molar-refractivity contribution is 6.02. The number of pyridine rings is 1. The van der Waals surface area contributed by atoms with Crippen molar-refractivity contribution in [3.63, 3.8) is 0 Å². The van der Waals surface area contributed by atoms with Gasteiger partial charge in [0.15, 0.2) is 5.69 Å². The van der Waals surface area contributed by atoms with Gasteiger partial charge in [-0.05, 0) is 47.9 Å². The molecule has 0 saturated carbocycles. The highest BCUT2D eigenvalue weighted by Crippen LogP contribution is 2.17. The third-order valence-corrected chi connectivity index (χ3v) is 3.91. The van der Waals surface area contributed by atoms with Crippen LogP contribution < -0.4 is 10.6 Å². The summed E-state index contributed by atoms with van der Waals surface area (Å²) in [5, 5.41) is 14.0. The molecule has 0 aliphatic rings. The molecule has 2 N–H and O–H groups in total. The zero-order valence-corrected chi connectivity index (χ0v) is 14.8. The molecule has 2 aromatic heterocycles. The summed E-state index contributed by atoms with van der Waals surface area (Å²) in [7, 11) is 0. The molecular weight excluding hydrogens is 326 g/mol. The average Bonchev–Trinajstić information content (AvgIpc) is 2.68. The van der Waals surface area contributed by atoms with Gasteiger partial charge in [-0.25, -0.2) is 0 Å². The van der Waals surface area contributed by atoms with Gasteiger partial charge in [0.2, 0.25) is 0 Å². The summed E-state index contributed by atoms with van der Waals surface area (Å²) < 4.78 is 0. The standard InChI is InChI=1S/C20H21N5O/c1-14(2)15-6-8-16(9-7-15)23-20(26)18-10-11-19(25-24-18)22-13-17-5-3-4-12-21-17/h3-12,14H,13H2,1-2H3,(H,22,25)(H,23,26). The minimum absolute atomic E-state index is 0.265. The van der Waals surface area contributed by atoms with Crippen LogP contribution in [0.5, 0.6) is 0 Å². The number of amides is 1. The summed E-state index contributed by atoms with van der Waals surface area (Å²) in [4.78, 5) is 16.5. The number of anilines is 2. The molecule has 26 heavy (non-hydrogen) atoms. The lowest BCUT2D eigenvalue weighted by molar-refractivity contribution is 0.102. The molecule has 0 radical (unpaired) electrons. The van der Waals surface area contributed by atoms with E-state index < -0.39 is 0 Å². The van der Waals surface area contributed by atoms with Crippen LogP contribution in [-0.2, 0) is 6.54 Å². The Labute approximate surface area is 152 Å². The van der Waals surface area contributed by atoms with Crippen LogP contribution in [-0.4, -0.2) is 21.1 Å². The minimum atomic E-state index is -0.286. The molecule has 0 spiro atoms. The van der Waals surface area contributed by atoms with Crippen LogP contribution >= 0.6 is 0 Å². The molecule has 1 amide bonds. The maximum atomic E-state index is 12.3. The van der Waals surface area contributed by atoms with Gasteiger partial charge in [0.05, 0.1) is 12.2 Å². The number of carbonyl (C=O) groups excluding carboxylic acids is 1.